The fourth-order valence-corrected chi connectivity index (χ4v) is 5.48. The largest absolute Gasteiger partial charge is 0.452 e. The number of anilines is 1. The van der Waals surface area contributed by atoms with Crippen LogP contribution in [0.25, 0.3) is 0 Å². The van der Waals surface area contributed by atoms with E-state index in [2.05, 4.69) is 5.32 Å². The molecule has 11 heteroatoms. The van der Waals surface area contributed by atoms with Crippen LogP contribution in [0, 0.1) is 0 Å². The molecule has 0 bridgehead atoms. The number of sulfonamides is 1. The zero-order chi connectivity index (χ0) is 21.9. The number of ether oxygens (including phenoxy) is 1. The van der Waals surface area contributed by atoms with Crippen molar-refractivity contribution in [3.05, 3.63) is 57.0 Å². The van der Waals surface area contributed by atoms with Crippen LogP contribution in [0.3, 0.4) is 0 Å². The van der Waals surface area contributed by atoms with E-state index in [1.807, 2.05) is 0 Å². The van der Waals surface area contributed by atoms with E-state index < -0.39 is 28.5 Å². The minimum absolute atomic E-state index is 0.00836. The van der Waals surface area contributed by atoms with Gasteiger partial charge in [0.15, 0.2) is 6.61 Å². The van der Waals surface area contributed by atoms with Crippen molar-refractivity contribution >= 4 is 62.4 Å². The smallest absolute Gasteiger partial charge is 0.338 e. The third-order valence-corrected chi connectivity index (χ3v) is 7.15. The van der Waals surface area contributed by atoms with Crippen LogP contribution in [-0.4, -0.2) is 44.3 Å². The average Bonchev–Trinajstić information content (AvgIpc) is 3.21. The van der Waals surface area contributed by atoms with Crippen molar-refractivity contribution in [2.45, 2.75) is 17.7 Å². The summed E-state index contributed by atoms with van der Waals surface area (Å²) in [7, 11) is -3.82. The number of hydrogen-bond acceptors (Lipinski definition) is 5. The molecule has 30 heavy (non-hydrogen) atoms. The predicted molar refractivity (Wildman–Crippen MR) is 115 cm³/mol. The lowest BCUT2D eigenvalue weighted by Gasteiger charge is -2.17. The van der Waals surface area contributed by atoms with E-state index in [1.54, 1.807) is 0 Å². The first kappa shape index (κ1) is 22.8. The second-order valence-electron chi connectivity index (χ2n) is 6.54. The Balaban J connectivity index is 1.67. The molecule has 0 aliphatic carbocycles. The number of hydrogen-bond donors (Lipinski definition) is 1. The molecule has 0 saturated carbocycles. The van der Waals surface area contributed by atoms with Crippen LogP contribution >= 0.6 is 34.8 Å². The highest BCUT2D eigenvalue weighted by atomic mass is 35.5. The zero-order valence-electron chi connectivity index (χ0n) is 15.5. The number of nitrogens with one attached hydrogen (secondary N) is 1. The van der Waals surface area contributed by atoms with Gasteiger partial charge in [-0.1, -0.05) is 34.8 Å². The first-order valence-electron chi connectivity index (χ1n) is 8.89. The molecular formula is C19H17Cl3N2O5S. The second-order valence-corrected chi connectivity index (χ2v) is 9.73. The van der Waals surface area contributed by atoms with E-state index in [-0.39, 0.29) is 15.5 Å². The number of esters is 1. The van der Waals surface area contributed by atoms with Gasteiger partial charge >= 0.3 is 5.97 Å². The minimum Gasteiger partial charge on any atom is -0.452 e. The van der Waals surface area contributed by atoms with Crippen molar-refractivity contribution in [2.75, 3.05) is 25.0 Å². The Bertz CT molecular complexity index is 1070. The fraction of sp³-hybridized carbons (Fsp3) is 0.263. The number of benzene rings is 2. The highest BCUT2D eigenvalue weighted by Gasteiger charge is 2.30. The maximum atomic E-state index is 12.8. The van der Waals surface area contributed by atoms with E-state index in [1.165, 1.54) is 34.6 Å². The molecule has 0 aromatic heterocycles. The van der Waals surface area contributed by atoms with Crippen molar-refractivity contribution in [3.8, 4) is 0 Å². The van der Waals surface area contributed by atoms with Gasteiger partial charge in [-0.25, -0.2) is 13.2 Å². The molecule has 1 saturated heterocycles. The van der Waals surface area contributed by atoms with Gasteiger partial charge in [0.1, 0.15) is 4.90 Å². The van der Waals surface area contributed by atoms with Crippen LogP contribution in [-0.2, 0) is 19.6 Å². The van der Waals surface area contributed by atoms with Crippen molar-refractivity contribution in [2.24, 2.45) is 0 Å². The molecule has 0 atom stereocenters. The summed E-state index contributed by atoms with van der Waals surface area (Å²) >= 11 is 17.8. The van der Waals surface area contributed by atoms with Gasteiger partial charge in [0.05, 0.1) is 10.6 Å². The molecule has 2 aromatic rings. The molecule has 2 aromatic carbocycles. The molecule has 1 heterocycles. The lowest BCUT2D eigenvalue weighted by Crippen LogP contribution is -2.28. The Hall–Kier alpha value is -1.84. The third-order valence-electron chi connectivity index (χ3n) is 4.33. The number of amides is 1. The van der Waals surface area contributed by atoms with Crippen LogP contribution in [0.1, 0.15) is 23.2 Å². The Labute approximate surface area is 188 Å². The summed E-state index contributed by atoms with van der Waals surface area (Å²) in [5.41, 5.74) is 0.315. The Kier molecular flexibility index (Phi) is 7.26. The summed E-state index contributed by atoms with van der Waals surface area (Å²) < 4.78 is 31.8. The van der Waals surface area contributed by atoms with Crippen LogP contribution in [0.4, 0.5) is 5.69 Å². The lowest BCUT2D eigenvalue weighted by molar-refractivity contribution is -0.119. The summed E-state index contributed by atoms with van der Waals surface area (Å²) in [6.07, 6.45) is 1.54. The van der Waals surface area contributed by atoms with Crippen molar-refractivity contribution in [3.63, 3.8) is 0 Å². The van der Waals surface area contributed by atoms with Gasteiger partial charge in [-0.3, -0.25) is 4.79 Å². The highest BCUT2D eigenvalue weighted by molar-refractivity contribution is 7.89. The van der Waals surface area contributed by atoms with Gasteiger partial charge in [0.25, 0.3) is 5.91 Å². The van der Waals surface area contributed by atoms with Gasteiger partial charge in [-0.05, 0) is 49.2 Å². The number of carbonyl (C=O) groups excluding carboxylic acids is 2. The summed E-state index contributed by atoms with van der Waals surface area (Å²) in [6, 6.07) is 8.29. The first-order chi connectivity index (χ1) is 14.2. The number of carbonyl (C=O) groups is 2. The molecule has 0 spiro atoms. The van der Waals surface area contributed by atoms with Gasteiger partial charge in [-0.15, -0.1) is 0 Å². The van der Waals surface area contributed by atoms with Gasteiger partial charge < -0.3 is 10.1 Å². The topological polar surface area (TPSA) is 92.8 Å². The van der Waals surface area contributed by atoms with Crippen LogP contribution in [0.2, 0.25) is 15.1 Å². The normalized spacial score (nSPS) is 14.5. The molecule has 1 fully saturated rings. The van der Waals surface area contributed by atoms with E-state index >= 15 is 0 Å². The standard InChI is InChI=1S/C19H17Cl3N2O5S/c20-13-8-14(21)10-15(9-13)23-18(25)11-29-19(26)12-3-4-16(22)17(7-12)30(27,28)24-5-1-2-6-24/h3-4,7-10H,1-2,5-6,11H2,(H,23,25). The van der Waals surface area contributed by atoms with Gasteiger partial charge in [-0.2, -0.15) is 4.31 Å². The molecule has 1 aliphatic rings. The van der Waals surface area contributed by atoms with E-state index in [9.17, 15) is 18.0 Å². The number of halogens is 3. The first-order valence-corrected chi connectivity index (χ1v) is 11.5. The Morgan fingerprint density at radius 3 is 2.27 bits per heavy atom. The summed E-state index contributed by atoms with van der Waals surface area (Å²) in [5, 5.41) is 3.18. The highest BCUT2D eigenvalue weighted by Crippen LogP contribution is 2.28. The fourth-order valence-electron chi connectivity index (χ4n) is 2.93. The predicted octanol–water partition coefficient (Wildman–Crippen LogP) is 4.23. The maximum absolute atomic E-state index is 12.8. The average molecular weight is 492 g/mol. The quantitative estimate of drug-likeness (QED) is 0.611. The van der Waals surface area contributed by atoms with E-state index in [4.69, 9.17) is 39.5 Å². The lowest BCUT2D eigenvalue weighted by atomic mass is 10.2. The number of rotatable bonds is 6. The Morgan fingerprint density at radius 2 is 1.63 bits per heavy atom. The number of nitrogens with zero attached hydrogens (tertiary/aromatic N) is 1. The van der Waals surface area contributed by atoms with Crippen molar-refractivity contribution in [1.82, 2.24) is 4.31 Å². The SMILES string of the molecule is O=C(COC(=O)c1ccc(Cl)c(S(=O)(=O)N2CCCC2)c1)Nc1cc(Cl)cc(Cl)c1. The molecular weight excluding hydrogens is 475 g/mol. The molecule has 0 unspecified atom stereocenters. The van der Waals surface area contributed by atoms with Gasteiger partial charge in [0.2, 0.25) is 10.0 Å². The maximum Gasteiger partial charge on any atom is 0.338 e. The third kappa shape index (κ3) is 5.44. The molecule has 3 rings (SSSR count). The van der Waals surface area contributed by atoms with E-state index in [0.29, 0.717) is 28.8 Å². The zero-order valence-corrected chi connectivity index (χ0v) is 18.6. The van der Waals surface area contributed by atoms with E-state index in [0.717, 1.165) is 18.9 Å². The van der Waals surface area contributed by atoms with Gasteiger partial charge in [0, 0.05) is 28.8 Å². The molecule has 160 valence electrons. The summed E-state index contributed by atoms with van der Waals surface area (Å²) in [4.78, 5) is 24.2. The van der Waals surface area contributed by atoms with Crippen LogP contribution < -0.4 is 5.32 Å². The Morgan fingerprint density at radius 1 is 1.00 bits per heavy atom. The monoisotopic (exact) mass is 490 g/mol. The summed E-state index contributed by atoms with van der Waals surface area (Å²) in [5.74, 6) is -1.47. The molecule has 7 nitrogen and oxygen atoms in total. The van der Waals surface area contributed by atoms with Crippen molar-refractivity contribution < 1.29 is 22.7 Å². The van der Waals surface area contributed by atoms with Crippen LogP contribution in [0.15, 0.2) is 41.3 Å². The molecule has 1 aliphatic heterocycles. The summed E-state index contributed by atoms with van der Waals surface area (Å²) in [6.45, 7) is 0.224. The molecule has 0 radical (unpaired) electrons. The van der Waals surface area contributed by atoms with Crippen LogP contribution in [0.5, 0.6) is 0 Å². The molecule has 1 amide bonds. The minimum atomic E-state index is -3.82. The van der Waals surface area contributed by atoms with Crippen molar-refractivity contribution in [1.29, 1.82) is 0 Å². The second kappa shape index (κ2) is 9.53. The molecule has 1 N–H and O–H groups in total.